The Hall–Kier alpha value is -5.57. The molecule has 0 aromatic heterocycles. The number of halogens is 3. The highest BCUT2D eigenvalue weighted by Gasteiger charge is 2.41. The second-order valence-corrected chi connectivity index (χ2v) is 10.7. The molecule has 6 nitrogen and oxygen atoms in total. The third kappa shape index (κ3) is 4.27. The van der Waals surface area contributed by atoms with E-state index in [1.165, 1.54) is 30.3 Å². The van der Waals surface area contributed by atoms with Crippen molar-refractivity contribution in [1.82, 2.24) is 9.80 Å². The molecule has 0 atom stereocenters. The third-order valence-electron chi connectivity index (χ3n) is 8.06. The predicted molar refractivity (Wildman–Crippen MR) is 156 cm³/mol. The molecule has 5 aromatic carbocycles. The molecule has 7 rings (SSSR count). The second-order valence-electron chi connectivity index (χ2n) is 10.7. The Bertz CT molecular complexity index is 2020. The number of amides is 4. The number of carbonyl (C=O) groups is 4. The van der Waals surface area contributed by atoms with Crippen molar-refractivity contribution in [2.45, 2.75) is 19.3 Å². The summed E-state index contributed by atoms with van der Waals surface area (Å²) < 4.78 is 40.2. The Morgan fingerprint density at radius 2 is 0.977 bits per heavy atom. The van der Waals surface area contributed by atoms with Crippen LogP contribution in [0.2, 0.25) is 0 Å². The molecule has 0 spiro atoms. The fourth-order valence-corrected chi connectivity index (χ4v) is 5.95. The minimum absolute atomic E-state index is 0.0126. The van der Waals surface area contributed by atoms with Crippen LogP contribution in [0.15, 0.2) is 103 Å². The number of alkyl halides is 3. The number of imide groups is 2. The summed E-state index contributed by atoms with van der Waals surface area (Å²) in [5.74, 6) is -2.47. The van der Waals surface area contributed by atoms with Crippen LogP contribution in [-0.2, 0) is 19.3 Å². The van der Waals surface area contributed by atoms with Crippen molar-refractivity contribution < 1.29 is 32.3 Å². The van der Waals surface area contributed by atoms with E-state index in [1.54, 1.807) is 54.6 Å². The van der Waals surface area contributed by atoms with Crippen molar-refractivity contribution in [2.24, 2.45) is 0 Å². The molecule has 0 unspecified atom stereocenters. The zero-order chi connectivity index (χ0) is 30.7. The largest absolute Gasteiger partial charge is 0.416 e. The lowest BCUT2D eigenvalue weighted by atomic mass is 9.81. The van der Waals surface area contributed by atoms with Gasteiger partial charge in [0.2, 0.25) is 0 Å². The van der Waals surface area contributed by atoms with Crippen molar-refractivity contribution in [3.8, 4) is 11.1 Å². The number of carbonyl (C=O) groups excluding carboxylic acids is 4. The normalized spacial score (nSPS) is 14.5. The van der Waals surface area contributed by atoms with Gasteiger partial charge in [0.05, 0.1) is 24.2 Å². The van der Waals surface area contributed by atoms with Crippen molar-refractivity contribution >= 4 is 34.4 Å². The van der Waals surface area contributed by atoms with Crippen LogP contribution in [0.5, 0.6) is 0 Å². The van der Waals surface area contributed by atoms with Gasteiger partial charge in [0.25, 0.3) is 23.6 Å². The Morgan fingerprint density at radius 3 is 1.50 bits per heavy atom. The molecule has 0 N–H and O–H groups in total. The number of hydrogen-bond acceptors (Lipinski definition) is 4. The maximum Gasteiger partial charge on any atom is 0.416 e. The van der Waals surface area contributed by atoms with Crippen molar-refractivity contribution in [3.05, 3.63) is 142 Å². The fourth-order valence-electron chi connectivity index (χ4n) is 5.95. The Labute approximate surface area is 248 Å². The topological polar surface area (TPSA) is 74.8 Å². The average Bonchev–Trinajstić information content (AvgIpc) is 3.03. The molecule has 5 aromatic rings. The monoisotopic (exact) mass is 590 g/mol. The van der Waals surface area contributed by atoms with Gasteiger partial charge in [-0.25, -0.2) is 0 Å². The molecule has 0 saturated heterocycles. The number of benzene rings is 5. The smallest absolute Gasteiger partial charge is 0.270 e. The fraction of sp³-hybridized carbons (Fsp3) is 0.0857. The van der Waals surface area contributed by atoms with Crippen LogP contribution in [0.4, 0.5) is 13.2 Å². The summed E-state index contributed by atoms with van der Waals surface area (Å²) in [6.45, 7) is -0.0562. The van der Waals surface area contributed by atoms with E-state index < -0.39 is 35.4 Å². The molecule has 9 heteroatoms. The molecule has 0 saturated carbocycles. The van der Waals surface area contributed by atoms with Crippen LogP contribution < -0.4 is 0 Å². The number of hydrogen-bond donors (Lipinski definition) is 0. The van der Waals surface area contributed by atoms with Crippen LogP contribution >= 0.6 is 0 Å². The standard InChI is InChI=1S/C35H21F3N2O4/c36-35(37,38)23-13-11-22(12-14-23)26-17-27-28-24(31(41)39(33(27)43)18-20-7-3-1-4-8-20)15-16-25-29(28)30(26)34(44)40(32(25)42)19-21-9-5-2-6-10-21/h1-17H,18-19H2. The quantitative estimate of drug-likeness (QED) is 0.204. The molecular formula is C35H21F3N2O4. The van der Waals surface area contributed by atoms with E-state index in [2.05, 4.69) is 0 Å². The zero-order valence-electron chi connectivity index (χ0n) is 22.9. The maximum absolute atomic E-state index is 14.2. The SMILES string of the molecule is O=C1c2ccc3c4c(c(-c5ccc(C(F)(F)F)cc5)cc(c24)C(=O)N1Cc1ccccc1)C(=O)N(Cc1ccccc1)C3=O. The molecular weight excluding hydrogens is 569 g/mol. The van der Waals surface area contributed by atoms with E-state index in [0.717, 1.165) is 21.9 Å². The average molecular weight is 591 g/mol. The third-order valence-corrected chi connectivity index (χ3v) is 8.06. The summed E-state index contributed by atoms with van der Waals surface area (Å²) in [5.41, 5.74) is 1.41. The molecule has 0 bridgehead atoms. The van der Waals surface area contributed by atoms with E-state index >= 15 is 0 Å². The van der Waals surface area contributed by atoms with Gasteiger partial charge in [0.15, 0.2) is 0 Å². The lowest BCUT2D eigenvalue weighted by Gasteiger charge is -2.33. The second kappa shape index (κ2) is 10.0. The van der Waals surface area contributed by atoms with Crippen LogP contribution in [0.3, 0.4) is 0 Å². The van der Waals surface area contributed by atoms with Gasteiger partial charge in [-0.2, -0.15) is 13.2 Å². The first-order valence-electron chi connectivity index (χ1n) is 13.7. The van der Waals surface area contributed by atoms with E-state index in [4.69, 9.17) is 0 Å². The van der Waals surface area contributed by atoms with Crippen molar-refractivity contribution in [3.63, 3.8) is 0 Å². The zero-order valence-corrected chi connectivity index (χ0v) is 22.9. The summed E-state index contributed by atoms with van der Waals surface area (Å²) >= 11 is 0. The summed E-state index contributed by atoms with van der Waals surface area (Å²) in [5, 5.41) is 0.337. The van der Waals surface area contributed by atoms with Crippen LogP contribution in [-0.4, -0.2) is 33.4 Å². The first-order valence-corrected chi connectivity index (χ1v) is 13.7. The maximum atomic E-state index is 14.2. The Morgan fingerprint density at radius 1 is 0.500 bits per heavy atom. The van der Waals surface area contributed by atoms with Gasteiger partial charge in [-0.3, -0.25) is 29.0 Å². The molecule has 4 amide bonds. The van der Waals surface area contributed by atoms with Gasteiger partial charge in [-0.1, -0.05) is 72.8 Å². The highest BCUT2D eigenvalue weighted by molar-refractivity contribution is 6.35. The van der Waals surface area contributed by atoms with Gasteiger partial charge in [-0.15, -0.1) is 0 Å². The molecule has 216 valence electrons. The van der Waals surface area contributed by atoms with E-state index in [-0.39, 0.29) is 57.2 Å². The lowest BCUT2D eigenvalue weighted by molar-refractivity contribution is -0.137. The van der Waals surface area contributed by atoms with Crippen LogP contribution in [0.1, 0.15) is 58.1 Å². The molecule has 44 heavy (non-hydrogen) atoms. The van der Waals surface area contributed by atoms with Crippen molar-refractivity contribution in [1.29, 1.82) is 0 Å². The summed E-state index contributed by atoms with van der Waals surface area (Å²) in [4.78, 5) is 57.9. The first kappa shape index (κ1) is 27.3. The first-order chi connectivity index (χ1) is 21.1. The van der Waals surface area contributed by atoms with E-state index in [1.807, 2.05) is 6.07 Å². The van der Waals surface area contributed by atoms with Crippen LogP contribution in [0.25, 0.3) is 21.9 Å². The predicted octanol–water partition coefficient (Wildman–Crippen LogP) is 7.12. The Balaban J connectivity index is 1.46. The molecule has 0 radical (unpaired) electrons. The summed E-state index contributed by atoms with van der Waals surface area (Å²) in [6.07, 6.45) is -4.58. The van der Waals surface area contributed by atoms with E-state index in [9.17, 15) is 32.3 Å². The summed E-state index contributed by atoms with van der Waals surface area (Å²) in [6, 6.07) is 26.5. The molecule has 0 aliphatic carbocycles. The Kier molecular flexibility index (Phi) is 6.21. The van der Waals surface area contributed by atoms with Crippen LogP contribution in [0, 0.1) is 0 Å². The molecule has 0 fully saturated rings. The van der Waals surface area contributed by atoms with E-state index in [0.29, 0.717) is 11.1 Å². The van der Waals surface area contributed by atoms with Gasteiger partial charge < -0.3 is 0 Å². The lowest BCUT2D eigenvalue weighted by Crippen LogP contribution is -2.43. The number of nitrogens with zero attached hydrogens (tertiary/aromatic N) is 2. The molecule has 2 aliphatic heterocycles. The van der Waals surface area contributed by atoms with Gasteiger partial charge in [-0.05, 0) is 52.6 Å². The minimum atomic E-state index is -4.58. The summed E-state index contributed by atoms with van der Waals surface area (Å²) in [7, 11) is 0. The minimum Gasteiger partial charge on any atom is -0.270 e. The highest BCUT2D eigenvalue weighted by Crippen LogP contribution is 2.43. The van der Waals surface area contributed by atoms with Gasteiger partial charge in [0.1, 0.15) is 0 Å². The highest BCUT2D eigenvalue weighted by atomic mass is 19.4. The molecule has 2 aliphatic rings. The van der Waals surface area contributed by atoms with Gasteiger partial charge in [0, 0.05) is 27.5 Å². The number of rotatable bonds is 5. The molecule has 2 heterocycles. The van der Waals surface area contributed by atoms with Crippen molar-refractivity contribution in [2.75, 3.05) is 0 Å². The van der Waals surface area contributed by atoms with Gasteiger partial charge >= 0.3 is 6.18 Å².